The smallest absolute Gasteiger partial charge is 0.408 e. The highest BCUT2D eigenvalue weighted by Gasteiger charge is 2.33. The third-order valence-corrected chi connectivity index (χ3v) is 10.2. The van der Waals surface area contributed by atoms with Crippen LogP contribution in [0.4, 0.5) is 4.79 Å². The number of hydrogen-bond acceptors (Lipinski definition) is 9. The molecule has 3 N–H and O–H groups in total. The average Bonchev–Trinajstić information content (AvgIpc) is 3.67. The molecule has 0 aliphatic heterocycles. The van der Waals surface area contributed by atoms with Gasteiger partial charge in [-0.25, -0.2) is 17.9 Å². The van der Waals surface area contributed by atoms with E-state index in [1.54, 1.807) is 18.3 Å². The predicted molar refractivity (Wildman–Crippen MR) is 179 cm³/mol. The van der Waals surface area contributed by atoms with Crippen LogP contribution < -0.4 is 10.1 Å². The lowest BCUT2D eigenvalue weighted by Gasteiger charge is -2.30. The van der Waals surface area contributed by atoms with Gasteiger partial charge in [0.15, 0.2) is 0 Å². The summed E-state index contributed by atoms with van der Waals surface area (Å²) in [4.78, 5) is 12.8. The lowest BCUT2D eigenvalue weighted by atomic mass is 10.0. The number of carbonyl (C=O) groups excluding carboxylic acids is 1. The molecule has 256 valence electrons. The van der Waals surface area contributed by atoms with Crippen LogP contribution in [0.15, 0.2) is 90.0 Å². The zero-order chi connectivity index (χ0) is 34.3. The van der Waals surface area contributed by atoms with Crippen LogP contribution >= 0.6 is 0 Å². The summed E-state index contributed by atoms with van der Waals surface area (Å²) in [6.45, 7) is 3.67. The molecule has 3 aromatic carbocycles. The van der Waals surface area contributed by atoms with Crippen molar-refractivity contribution >= 4 is 16.1 Å². The summed E-state index contributed by atoms with van der Waals surface area (Å²) >= 11 is 0. The van der Waals surface area contributed by atoms with Crippen LogP contribution in [0, 0.1) is 5.92 Å². The molecule has 0 saturated heterocycles. The van der Waals surface area contributed by atoms with Gasteiger partial charge in [0.2, 0.25) is 10.0 Å². The van der Waals surface area contributed by atoms with E-state index in [-0.39, 0.29) is 30.5 Å². The summed E-state index contributed by atoms with van der Waals surface area (Å²) in [5.74, 6) is 0.531. The van der Waals surface area contributed by atoms with Gasteiger partial charge in [-0.2, -0.15) is 4.31 Å². The first-order valence-corrected chi connectivity index (χ1v) is 17.4. The Morgan fingerprint density at radius 3 is 2.46 bits per heavy atom. The Hall–Kier alpha value is -4.30. The Kier molecular flexibility index (Phi) is 11.5. The molecule has 4 atom stereocenters. The molecule has 0 radical (unpaired) electrons. The molecule has 0 fully saturated rings. The minimum Gasteiger partial charge on any atom is -0.497 e. The van der Waals surface area contributed by atoms with Gasteiger partial charge in [-0.15, -0.1) is 5.10 Å². The second-order valence-electron chi connectivity index (χ2n) is 12.4. The molecule has 1 aliphatic carbocycles. The van der Waals surface area contributed by atoms with E-state index < -0.39 is 40.4 Å². The van der Waals surface area contributed by atoms with E-state index >= 15 is 0 Å². The molecular weight excluding hydrogens is 634 g/mol. The van der Waals surface area contributed by atoms with Gasteiger partial charge in [-0.05, 0) is 59.7 Å². The summed E-state index contributed by atoms with van der Waals surface area (Å²) in [5, 5.41) is 33.3. The zero-order valence-corrected chi connectivity index (χ0v) is 28.2. The number of aromatic nitrogens is 3. The van der Waals surface area contributed by atoms with E-state index in [1.807, 2.05) is 68.4 Å². The van der Waals surface area contributed by atoms with Gasteiger partial charge in [0.25, 0.3) is 0 Å². The van der Waals surface area contributed by atoms with Crippen LogP contribution in [-0.4, -0.2) is 76.4 Å². The highest BCUT2D eigenvalue weighted by Crippen LogP contribution is 2.31. The van der Waals surface area contributed by atoms with E-state index in [9.17, 15) is 23.4 Å². The number of carbonyl (C=O) groups is 1. The fourth-order valence-electron chi connectivity index (χ4n) is 5.96. The number of nitrogens with zero attached hydrogens (tertiary/aromatic N) is 4. The van der Waals surface area contributed by atoms with Crippen LogP contribution in [0.2, 0.25) is 0 Å². The van der Waals surface area contributed by atoms with Crippen LogP contribution in [0.3, 0.4) is 0 Å². The van der Waals surface area contributed by atoms with Crippen LogP contribution in [-0.2, 0) is 34.2 Å². The molecule has 4 aromatic rings. The number of benzene rings is 3. The first kappa shape index (κ1) is 35.0. The molecule has 0 spiro atoms. The molecule has 13 heteroatoms. The minimum absolute atomic E-state index is 0.00640. The van der Waals surface area contributed by atoms with E-state index in [1.165, 1.54) is 28.2 Å². The maximum absolute atomic E-state index is 13.8. The topological polar surface area (TPSA) is 156 Å². The molecule has 1 aliphatic rings. The third kappa shape index (κ3) is 8.58. The Labute approximate surface area is 281 Å². The number of ether oxygens (including phenoxy) is 2. The number of fused-ring (bicyclic) bond motifs is 1. The molecule has 1 heterocycles. The molecule has 0 unspecified atom stereocenters. The Balaban J connectivity index is 1.30. The Morgan fingerprint density at radius 1 is 1.04 bits per heavy atom. The molecular formula is C35H43N5O7S. The summed E-state index contributed by atoms with van der Waals surface area (Å²) in [6.07, 6.45) is 0.451. The standard InChI is InChI=1S/C35H43N5O7S/c1-24(2)20-39(48(44,45)29-16-14-28(46-3)15-17-29)22-33(42)31(18-13-25-9-5-4-6-10-25)40-21-27(37-38-40)23-47-35(43)36-34-30-12-8-7-11-26(30)19-32(34)41/h4-12,14-17,21,24,31-34,41-42H,13,18-20,22-23H2,1-3H3,(H,36,43)/t31-,32+,33+,34-/m0/s1. The van der Waals surface area contributed by atoms with Crippen molar-refractivity contribution < 1.29 is 32.9 Å². The molecule has 1 amide bonds. The van der Waals surface area contributed by atoms with Crippen molar-refractivity contribution in [2.75, 3.05) is 20.2 Å². The van der Waals surface area contributed by atoms with Crippen LogP contribution in [0.5, 0.6) is 5.75 Å². The average molecular weight is 678 g/mol. The maximum atomic E-state index is 13.8. The molecule has 0 saturated carbocycles. The van der Waals surface area contributed by atoms with Crippen molar-refractivity contribution in [3.63, 3.8) is 0 Å². The lowest BCUT2D eigenvalue weighted by Crippen LogP contribution is -2.43. The van der Waals surface area contributed by atoms with Crippen molar-refractivity contribution in [3.8, 4) is 5.75 Å². The molecule has 1 aromatic heterocycles. The second-order valence-corrected chi connectivity index (χ2v) is 14.3. The van der Waals surface area contributed by atoms with Gasteiger partial charge >= 0.3 is 6.09 Å². The van der Waals surface area contributed by atoms with E-state index in [4.69, 9.17) is 9.47 Å². The fourth-order valence-corrected chi connectivity index (χ4v) is 7.58. The predicted octanol–water partition coefficient (Wildman–Crippen LogP) is 4.05. The fraction of sp³-hybridized carbons (Fsp3) is 0.400. The van der Waals surface area contributed by atoms with Gasteiger partial charge in [-0.3, -0.25) is 0 Å². The molecule has 48 heavy (non-hydrogen) atoms. The van der Waals surface area contributed by atoms with Crippen LogP contribution in [0.1, 0.15) is 54.7 Å². The maximum Gasteiger partial charge on any atom is 0.408 e. The van der Waals surface area contributed by atoms with Gasteiger partial charge in [0, 0.05) is 19.5 Å². The van der Waals surface area contributed by atoms with Gasteiger partial charge in [0.05, 0.1) is 42.5 Å². The van der Waals surface area contributed by atoms with Crippen molar-refractivity contribution in [3.05, 3.63) is 107 Å². The largest absolute Gasteiger partial charge is 0.497 e. The van der Waals surface area contributed by atoms with Crippen molar-refractivity contribution in [2.45, 2.75) is 68.9 Å². The quantitative estimate of drug-likeness (QED) is 0.169. The van der Waals surface area contributed by atoms with Crippen LogP contribution in [0.25, 0.3) is 0 Å². The number of alkyl carbamates (subject to hydrolysis) is 1. The van der Waals surface area contributed by atoms with E-state index in [0.717, 1.165) is 16.7 Å². The SMILES string of the molecule is COc1ccc(S(=O)(=O)N(CC(C)C)C[C@@H](O)[C@H](CCc2ccccc2)n2cc(COC(=O)N[C@H]3c4ccccc4C[C@H]3O)nn2)cc1. The normalized spacial score (nSPS) is 17.2. The number of sulfonamides is 1. The Bertz CT molecular complexity index is 1750. The van der Waals surface area contributed by atoms with Crippen molar-refractivity contribution in [1.82, 2.24) is 24.6 Å². The zero-order valence-electron chi connectivity index (χ0n) is 27.3. The lowest BCUT2D eigenvalue weighted by molar-refractivity contribution is 0.0782. The number of nitrogens with one attached hydrogen (secondary N) is 1. The first-order valence-electron chi connectivity index (χ1n) is 16.0. The number of aliphatic hydroxyl groups excluding tert-OH is 2. The summed E-state index contributed by atoms with van der Waals surface area (Å²) in [5.41, 5.74) is 3.22. The first-order chi connectivity index (χ1) is 23.0. The highest BCUT2D eigenvalue weighted by atomic mass is 32.2. The van der Waals surface area contributed by atoms with Crippen molar-refractivity contribution in [1.29, 1.82) is 0 Å². The number of aryl methyl sites for hydroxylation is 1. The molecule has 0 bridgehead atoms. The molecule has 5 rings (SSSR count). The van der Waals surface area contributed by atoms with E-state index in [0.29, 0.717) is 30.7 Å². The number of hydrogen-bond donors (Lipinski definition) is 3. The Morgan fingerprint density at radius 2 is 1.75 bits per heavy atom. The van der Waals surface area contributed by atoms with Crippen molar-refractivity contribution in [2.24, 2.45) is 5.92 Å². The van der Waals surface area contributed by atoms with Gasteiger partial charge in [-0.1, -0.05) is 73.7 Å². The van der Waals surface area contributed by atoms with Gasteiger partial charge in [0.1, 0.15) is 18.1 Å². The summed E-state index contributed by atoms with van der Waals surface area (Å²) in [6, 6.07) is 22.2. The third-order valence-electron chi connectivity index (χ3n) is 8.40. The number of aliphatic hydroxyl groups is 2. The summed E-state index contributed by atoms with van der Waals surface area (Å²) in [7, 11) is -2.44. The van der Waals surface area contributed by atoms with E-state index in [2.05, 4.69) is 15.6 Å². The number of rotatable bonds is 15. The van der Waals surface area contributed by atoms with Gasteiger partial charge < -0.3 is 25.0 Å². The number of methoxy groups -OCH3 is 1. The molecule has 12 nitrogen and oxygen atoms in total. The number of amides is 1. The monoisotopic (exact) mass is 677 g/mol. The second kappa shape index (κ2) is 15.7. The highest BCUT2D eigenvalue weighted by molar-refractivity contribution is 7.89. The summed E-state index contributed by atoms with van der Waals surface area (Å²) < 4.78 is 41.0. The minimum atomic E-state index is -3.95.